The summed E-state index contributed by atoms with van der Waals surface area (Å²) >= 11 is 1.53. The molecule has 1 atom stereocenters. The number of hydrogen-bond acceptors (Lipinski definition) is 5. The second kappa shape index (κ2) is 4.74. The van der Waals surface area contributed by atoms with Gasteiger partial charge in [-0.15, -0.1) is 11.3 Å². The van der Waals surface area contributed by atoms with Crippen LogP contribution in [0.15, 0.2) is 0 Å². The van der Waals surface area contributed by atoms with Gasteiger partial charge in [-0.1, -0.05) is 0 Å². The number of aryl methyl sites for hydroxylation is 1. The quantitative estimate of drug-likeness (QED) is 0.762. The van der Waals surface area contributed by atoms with Gasteiger partial charge in [0.05, 0.1) is 7.11 Å². The minimum atomic E-state index is -0.371. The number of ether oxygens (including phenoxy) is 2. The van der Waals surface area contributed by atoms with Crippen molar-refractivity contribution < 1.29 is 14.3 Å². The number of aromatic nitrogens is 1. The van der Waals surface area contributed by atoms with Gasteiger partial charge in [0.15, 0.2) is 5.69 Å². The molecule has 1 aromatic rings. The number of carbonyl (C=O) groups is 1. The monoisotopic (exact) mass is 255 g/mol. The van der Waals surface area contributed by atoms with Gasteiger partial charge < -0.3 is 9.47 Å². The Hall–Kier alpha value is -0.940. The molecular weight excluding hydrogens is 238 g/mol. The highest BCUT2D eigenvalue weighted by atomic mass is 32.1. The Kier molecular flexibility index (Phi) is 3.49. The van der Waals surface area contributed by atoms with E-state index in [0.717, 1.165) is 35.8 Å². The normalized spacial score (nSPS) is 24.6. The van der Waals surface area contributed by atoms with Crippen molar-refractivity contribution in [3.8, 4) is 0 Å². The molecule has 94 valence electrons. The zero-order valence-corrected chi connectivity index (χ0v) is 11.2. The molecule has 2 rings (SSSR count). The van der Waals surface area contributed by atoms with E-state index < -0.39 is 0 Å². The van der Waals surface area contributed by atoms with Crippen LogP contribution >= 0.6 is 11.3 Å². The third-order valence-electron chi connectivity index (χ3n) is 3.10. The zero-order valence-electron chi connectivity index (χ0n) is 10.4. The number of rotatable bonds is 2. The summed E-state index contributed by atoms with van der Waals surface area (Å²) < 4.78 is 10.5. The van der Waals surface area contributed by atoms with E-state index in [4.69, 9.17) is 9.47 Å². The first-order valence-corrected chi connectivity index (χ1v) is 6.58. The maximum absolute atomic E-state index is 11.5. The molecule has 0 radical (unpaired) electrons. The highest BCUT2D eigenvalue weighted by Gasteiger charge is 2.34. The molecule has 2 heterocycles. The number of esters is 1. The number of thiazole rings is 1. The van der Waals surface area contributed by atoms with Crippen molar-refractivity contribution in [3.05, 3.63) is 15.6 Å². The van der Waals surface area contributed by atoms with Crippen LogP contribution in [0.4, 0.5) is 0 Å². The summed E-state index contributed by atoms with van der Waals surface area (Å²) in [5.41, 5.74) is 0.0860. The summed E-state index contributed by atoms with van der Waals surface area (Å²) in [6.07, 6.45) is 3.20. The molecule has 0 N–H and O–H groups in total. The molecule has 4 nitrogen and oxygen atoms in total. The molecule has 1 aliphatic rings. The van der Waals surface area contributed by atoms with E-state index in [1.54, 1.807) is 0 Å². The van der Waals surface area contributed by atoms with Crippen molar-refractivity contribution in [2.24, 2.45) is 0 Å². The molecule has 0 spiro atoms. The first kappa shape index (κ1) is 12.5. The van der Waals surface area contributed by atoms with E-state index in [-0.39, 0.29) is 11.6 Å². The molecular formula is C12H17NO3S. The first-order chi connectivity index (χ1) is 8.07. The van der Waals surface area contributed by atoms with Crippen LogP contribution in [0.3, 0.4) is 0 Å². The molecule has 0 saturated carbocycles. The Labute approximate surface area is 105 Å². The number of methoxy groups -OCH3 is 1. The lowest BCUT2D eigenvalue weighted by atomic mass is 9.97. The largest absolute Gasteiger partial charge is 0.464 e. The lowest BCUT2D eigenvalue weighted by Gasteiger charge is -2.31. The van der Waals surface area contributed by atoms with Crippen molar-refractivity contribution in [1.29, 1.82) is 0 Å². The zero-order chi connectivity index (χ0) is 12.5. The smallest absolute Gasteiger partial charge is 0.357 e. The van der Waals surface area contributed by atoms with Gasteiger partial charge in [0, 0.05) is 11.5 Å². The van der Waals surface area contributed by atoms with Crippen molar-refractivity contribution in [2.45, 2.75) is 38.7 Å². The highest BCUT2D eigenvalue weighted by Crippen LogP contribution is 2.37. The third-order valence-corrected chi connectivity index (χ3v) is 4.31. The predicted octanol–water partition coefficient (Wildman–Crippen LogP) is 2.65. The second-order valence-corrected chi connectivity index (χ2v) is 5.66. The summed E-state index contributed by atoms with van der Waals surface area (Å²) in [5.74, 6) is -0.371. The van der Waals surface area contributed by atoms with Crippen LogP contribution in [0.5, 0.6) is 0 Å². The Morgan fingerprint density at radius 1 is 1.53 bits per heavy atom. The molecule has 1 aromatic heterocycles. The summed E-state index contributed by atoms with van der Waals surface area (Å²) in [4.78, 5) is 16.8. The average molecular weight is 255 g/mol. The molecule has 1 saturated heterocycles. The van der Waals surface area contributed by atoms with Gasteiger partial charge in [0.25, 0.3) is 0 Å². The molecule has 0 aromatic carbocycles. The average Bonchev–Trinajstić information content (AvgIpc) is 2.72. The number of carbonyl (C=O) groups excluding carboxylic acids is 1. The van der Waals surface area contributed by atoms with Gasteiger partial charge in [-0.25, -0.2) is 9.78 Å². The molecule has 1 unspecified atom stereocenters. The van der Waals surface area contributed by atoms with Crippen LogP contribution in [0.25, 0.3) is 0 Å². The van der Waals surface area contributed by atoms with Gasteiger partial charge in [-0.05, 0) is 33.1 Å². The SMILES string of the molecule is COC(=O)c1nc(C2(C)CCCCO2)sc1C. The summed E-state index contributed by atoms with van der Waals surface area (Å²) in [6.45, 7) is 4.70. The first-order valence-electron chi connectivity index (χ1n) is 5.77. The fraction of sp³-hybridized carbons (Fsp3) is 0.667. The standard InChI is InChI=1S/C12H17NO3S/c1-8-9(10(14)15-3)13-11(17-8)12(2)6-4-5-7-16-12/h4-7H2,1-3H3. The Balaban J connectivity index is 2.30. The fourth-order valence-electron chi connectivity index (χ4n) is 2.01. The summed E-state index contributed by atoms with van der Waals surface area (Å²) in [7, 11) is 1.37. The molecule has 1 fully saturated rings. The van der Waals surface area contributed by atoms with Crippen LogP contribution in [0.2, 0.25) is 0 Å². The van der Waals surface area contributed by atoms with Crippen LogP contribution in [0.1, 0.15) is 46.6 Å². The van der Waals surface area contributed by atoms with Gasteiger partial charge in [-0.2, -0.15) is 0 Å². The van der Waals surface area contributed by atoms with Crippen LogP contribution in [0, 0.1) is 6.92 Å². The Morgan fingerprint density at radius 2 is 2.29 bits per heavy atom. The fourth-order valence-corrected chi connectivity index (χ4v) is 3.04. The third kappa shape index (κ3) is 2.35. The summed E-state index contributed by atoms with van der Waals surface area (Å²) in [5, 5.41) is 0.884. The van der Waals surface area contributed by atoms with Crippen molar-refractivity contribution >= 4 is 17.3 Å². The Morgan fingerprint density at radius 3 is 2.88 bits per heavy atom. The molecule has 0 bridgehead atoms. The second-order valence-electron chi connectivity index (χ2n) is 4.45. The van der Waals surface area contributed by atoms with Crippen LogP contribution < -0.4 is 0 Å². The van der Waals surface area contributed by atoms with Gasteiger partial charge in [0.2, 0.25) is 0 Å². The molecule has 5 heteroatoms. The molecule has 1 aliphatic heterocycles. The molecule has 0 amide bonds. The van der Waals surface area contributed by atoms with E-state index in [9.17, 15) is 4.79 Å². The lowest BCUT2D eigenvalue weighted by molar-refractivity contribution is -0.0702. The number of nitrogens with zero attached hydrogens (tertiary/aromatic N) is 1. The van der Waals surface area contributed by atoms with E-state index >= 15 is 0 Å². The van der Waals surface area contributed by atoms with Gasteiger partial charge >= 0.3 is 5.97 Å². The lowest BCUT2D eigenvalue weighted by Crippen LogP contribution is -2.30. The maximum atomic E-state index is 11.5. The van der Waals surface area contributed by atoms with E-state index in [1.807, 2.05) is 13.8 Å². The molecule has 17 heavy (non-hydrogen) atoms. The maximum Gasteiger partial charge on any atom is 0.357 e. The van der Waals surface area contributed by atoms with E-state index in [1.165, 1.54) is 18.4 Å². The minimum Gasteiger partial charge on any atom is -0.464 e. The summed E-state index contributed by atoms with van der Waals surface area (Å²) in [6, 6.07) is 0. The van der Waals surface area contributed by atoms with Gasteiger partial charge in [-0.3, -0.25) is 0 Å². The molecule has 0 aliphatic carbocycles. The van der Waals surface area contributed by atoms with Crippen LogP contribution in [-0.2, 0) is 15.1 Å². The Bertz CT molecular complexity index is 421. The van der Waals surface area contributed by atoms with Crippen LogP contribution in [-0.4, -0.2) is 24.7 Å². The van der Waals surface area contributed by atoms with Crippen molar-refractivity contribution in [2.75, 3.05) is 13.7 Å². The van der Waals surface area contributed by atoms with Crippen molar-refractivity contribution in [1.82, 2.24) is 4.98 Å². The minimum absolute atomic E-state index is 0.333. The van der Waals surface area contributed by atoms with Gasteiger partial charge in [0.1, 0.15) is 10.6 Å². The highest BCUT2D eigenvalue weighted by molar-refractivity contribution is 7.12. The van der Waals surface area contributed by atoms with Crippen molar-refractivity contribution in [3.63, 3.8) is 0 Å². The predicted molar refractivity (Wildman–Crippen MR) is 65.3 cm³/mol. The number of hydrogen-bond donors (Lipinski definition) is 0. The van der Waals surface area contributed by atoms with E-state index in [2.05, 4.69) is 4.98 Å². The topological polar surface area (TPSA) is 48.4 Å². The van der Waals surface area contributed by atoms with E-state index in [0.29, 0.717) is 5.69 Å².